The fourth-order valence-corrected chi connectivity index (χ4v) is 4.64. The van der Waals surface area contributed by atoms with Gasteiger partial charge >= 0.3 is 5.97 Å². The van der Waals surface area contributed by atoms with Crippen molar-refractivity contribution in [2.45, 2.75) is 168 Å². The van der Waals surface area contributed by atoms with Crippen molar-refractivity contribution >= 4 is 5.97 Å². The average Bonchev–Trinajstić information content (AvgIpc) is 2.71. The Morgan fingerprint density at radius 1 is 0.645 bits per heavy atom. The summed E-state index contributed by atoms with van der Waals surface area (Å²) in [5, 5.41) is 8.96. The van der Waals surface area contributed by atoms with E-state index in [2.05, 4.69) is 20.8 Å². The summed E-state index contributed by atoms with van der Waals surface area (Å²) in [6.45, 7) is 6.58. The minimum atomic E-state index is -0.878. The van der Waals surface area contributed by atoms with E-state index in [1.807, 2.05) is 0 Å². The second-order valence-corrected chi connectivity index (χ2v) is 10.8. The summed E-state index contributed by atoms with van der Waals surface area (Å²) < 4.78 is 0. The normalized spacial score (nSPS) is 12.9. The Morgan fingerprint density at radius 3 is 1.23 bits per heavy atom. The molecular formula is C28H57NO2. The SMILES string of the molecule is CCCCCCCCCCCCCCCCCCCCCCC(C)(C)C[C@H](N)C(=O)O. The Bertz CT molecular complexity index is 394. The molecule has 0 aliphatic carbocycles. The van der Waals surface area contributed by atoms with Crippen LogP contribution in [0.15, 0.2) is 0 Å². The fraction of sp³-hybridized carbons (Fsp3) is 0.964. The molecule has 0 aliphatic rings. The number of rotatable bonds is 24. The second-order valence-electron chi connectivity index (χ2n) is 10.8. The number of carbonyl (C=O) groups is 1. The van der Waals surface area contributed by atoms with Crippen LogP contribution in [0.2, 0.25) is 0 Å². The van der Waals surface area contributed by atoms with E-state index in [4.69, 9.17) is 10.8 Å². The highest BCUT2D eigenvalue weighted by Gasteiger charge is 2.24. The van der Waals surface area contributed by atoms with Gasteiger partial charge in [-0.15, -0.1) is 0 Å². The highest BCUT2D eigenvalue weighted by Crippen LogP contribution is 2.29. The summed E-state index contributed by atoms with van der Waals surface area (Å²) >= 11 is 0. The summed E-state index contributed by atoms with van der Waals surface area (Å²) in [4.78, 5) is 10.9. The van der Waals surface area contributed by atoms with Crippen molar-refractivity contribution in [1.82, 2.24) is 0 Å². The number of carboxylic acids is 1. The predicted molar refractivity (Wildman–Crippen MR) is 137 cm³/mol. The lowest BCUT2D eigenvalue weighted by Gasteiger charge is -2.26. The third kappa shape index (κ3) is 22.4. The number of nitrogens with two attached hydrogens (primary N) is 1. The molecule has 0 aromatic rings. The molecule has 0 rings (SSSR count). The lowest BCUT2D eigenvalue weighted by Crippen LogP contribution is -2.35. The molecule has 0 aromatic heterocycles. The summed E-state index contributed by atoms with van der Waals surface area (Å²) in [6, 6.07) is -0.722. The molecule has 0 fully saturated rings. The minimum Gasteiger partial charge on any atom is -0.480 e. The molecule has 0 amide bonds. The van der Waals surface area contributed by atoms with Crippen molar-refractivity contribution in [3.63, 3.8) is 0 Å². The number of unbranched alkanes of at least 4 members (excludes halogenated alkanes) is 19. The first-order valence-corrected chi connectivity index (χ1v) is 13.9. The molecule has 0 heterocycles. The van der Waals surface area contributed by atoms with Gasteiger partial charge in [-0.3, -0.25) is 4.79 Å². The molecule has 0 radical (unpaired) electrons. The van der Waals surface area contributed by atoms with Crippen molar-refractivity contribution in [2.24, 2.45) is 11.1 Å². The van der Waals surface area contributed by atoms with Gasteiger partial charge in [0.25, 0.3) is 0 Å². The monoisotopic (exact) mass is 439 g/mol. The van der Waals surface area contributed by atoms with Gasteiger partial charge in [0.1, 0.15) is 6.04 Å². The Labute approximate surface area is 195 Å². The molecule has 0 aromatic carbocycles. The molecule has 1 atom stereocenters. The van der Waals surface area contributed by atoms with Gasteiger partial charge < -0.3 is 10.8 Å². The molecule has 0 saturated carbocycles. The third-order valence-electron chi connectivity index (χ3n) is 6.80. The van der Waals surface area contributed by atoms with E-state index in [0.717, 1.165) is 6.42 Å². The van der Waals surface area contributed by atoms with E-state index in [-0.39, 0.29) is 5.41 Å². The molecule has 31 heavy (non-hydrogen) atoms. The lowest BCUT2D eigenvalue weighted by molar-refractivity contribution is -0.139. The highest BCUT2D eigenvalue weighted by molar-refractivity contribution is 5.73. The Hall–Kier alpha value is -0.570. The zero-order valence-electron chi connectivity index (χ0n) is 21.6. The number of carboxylic acid groups (broad SMARTS) is 1. The van der Waals surface area contributed by atoms with Gasteiger partial charge in [0.15, 0.2) is 0 Å². The van der Waals surface area contributed by atoms with Crippen LogP contribution in [-0.2, 0) is 4.79 Å². The summed E-state index contributed by atoms with van der Waals surface area (Å²) in [5.41, 5.74) is 5.72. The van der Waals surface area contributed by atoms with E-state index >= 15 is 0 Å². The van der Waals surface area contributed by atoms with Crippen LogP contribution in [0.3, 0.4) is 0 Å². The van der Waals surface area contributed by atoms with Crippen LogP contribution in [0.1, 0.15) is 162 Å². The Kier molecular flexibility index (Phi) is 20.9. The van der Waals surface area contributed by atoms with Crippen LogP contribution in [0.25, 0.3) is 0 Å². The molecule has 0 unspecified atom stereocenters. The highest BCUT2D eigenvalue weighted by atomic mass is 16.4. The molecule has 186 valence electrons. The minimum absolute atomic E-state index is 0.0338. The zero-order valence-corrected chi connectivity index (χ0v) is 21.6. The number of aliphatic carboxylic acids is 1. The Balaban J connectivity index is 3.24. The van der Waals surface area contributed by atoms with Gasteiger partial charge in [0.2, 0.25) is 0 Å². The smallest absolute Gasteiger partial charge is 0.320 e. The van der Waals surface area contributed by atoms with E-state index in [9.17, 15) is 4.79 Å². The quantitative estimate of drug-likeness (QED) is 0.147. The van der Waals surface area contributed by atoms with Crippen LogP contribution in [0.5, 0.6) is 0 Å². The van der Waals surface area contributed by atoms with Gasteiger partial charge in [-0.25, -0.2) is 0 Å². The second kappa shape index (κ2) is 21.3. The molecule has 3 nitrogen and oxygen atoms in total. The van der Waals surface area contributed by atoms with Crippen LogP contribution in [0.4, 0.5) is 0 Å². The van der Waals surface area contributed by atoms with Crippen LogP contribution >= 0.6 is 0 Å². The van der Waals surface area contributed by atoms with Crippen molar-refractivity contribution < 1.29 is 9.90 Å². The van der Waals surface area contributed by atoms with Crippen molar-refractivity contribution in [3.05, 3.63) is 0 Å². The van der Waals surface area contributed by atoms with E-state index < -0.39 is 12.0 Å². The van der Waals surface area contributed by atoms with Gasteiger partial charge in [-0.2, -0.15) is 0 Å². The predicted octanol–water partition coefficient (Wildman–Crippen LogP) is 9.03. The van der Waals surface area contributed by atoms with Crippen molar-refractivity contribution in [1.29, 1.82) is 0 Å². The number of hydrogen-bond acceptors (Lipinski definition) is 2. The average molecular weight is 440 g/mol. The maximum atomic E-state index is 10.9. The summed E-state index contributed by atoms with van der Waals surface area (Å²) in [6.07, 6.45) is 29.7. The molecule has 3 heteroatoms. The molecule has 0 saturated heterocycles. The third-order valence-corrected chi connectivity index (χ3v) is 6.80. The van der Waals surface area contributed by atoms with Crippen LogP contribution in [0, 0.1) is 5.41 Å². The molecule has 0 bridgehead atoms. The van der Waals surface area contributed by atoms with Crippen molar-refractivity contribution in [3.8, 4) is 0 Å². The maximum Gasteiger partial charge on any atom is 0.320 e. The Morgan fingerprint density at radius 2 is 0.935 bits per heavy atom. The van der Waals surface area contributed by atoms with Crippen molar-refractivity contribution in [2.75, 3.05) is 0 Å². The molecular weight excluding hydrogens is 382 g/mol. The standard InChI is InChI=1S/C28H57NO2/c1-4-5-6-7-8-9-10-11-12-13-14-15-16-17-18-19-20-21-22-23-24-28(2,3)25-26(29)27(30)31/h26H,4-25,29H2,1-3H3,(H,30,31)/t26-/m0/s1. The van der Waals surface area contributed by atoms with Gasteiger partial charge in [-0.05, 0) is 18.3 Å². The zero-order chi connectivity index (χ0) is 23.2. The lowest BCUT2D eigenvalue weighted by atomic mass is 9.81. The van der Waals surface area contributed by atoms with E-state index in [0.29, 0.717) is 6.42 Å². The topological polar surface area (TPSA) is 63.3 Å². The first kappa shape index (κ1) is 30.4. The molecule has 0 aliphatic heterocycles. The number of hydrogen-bond donors (Lipinski definition) is 2. The van der Waals surface area contributed by atoms with Crippen LogP contribution in [-0.4, -0.2) is 17.1 Å². The van der Waals surface area contributed by atoms with E-state index in [1.165, 1.54) is 128 Å². The molecule has 0 spiro atoms. The van der Waals surface area contributed by atoms with Gasteiger partial charge in [-0.1, -0.05) is 149 Å². The summed E-state index contributed by atoms with van der Waals surface area (Å²) in [5.74, 6) is -0.878. The van der Waals surface area contributed by atoms with Crippen LogP contribution < -0.4 is 5.73 Å². The van der Waals surface area contributed by atoms with E-state index in [1.54, 1.807) is 0 Å². The molecule has 3 N–H and O–H groups in total. The maximum absolute atomic E-state index is 10.9. The largest absolute Gasteiger partial charge is 0.480 e. The van der Waals surface area contributed by atoms with Gasteiger partial charge in [0.05, 0.1) is 0 Å². The first-order valence-electron chi connectivity index (χ1n) is 13.9. The summed E-state index contributed by atoms with van der Waals surface area (Å²) in [7, 11) is 0. The first-order chi connectivity index (χ1) is 14.9. The fourth-order valence-electron chi connectivity index (χ4n) is 4.64. The van der Waals surface area contributed by atoms with Gasteiger partial charge in [0, 0.05) is 0 Å².